The molecule has 1 N–H and O–H groups in total. The minimum Gasteiger partial charge on any atom is -0.453 e. The number of benzene rings is 1. The van der Waals surface area contributed by atoms with E-state index in [1.165, 1.54) is 18.3 Å². The number of ether oxygens (including phenoxy) is 2. The number of aromatic nitrogens is 1. The Morgan fingerprint density at radius 3 is 2.59 bits per heavy atom. The third-order valence-electron chi connectivity index (χ3n) is 5.09. The van der Waals surface area contributed by atoms with Crippen LogP contribution in [0.5, 0.6) is 11.5 Å². The summed E-state index contributed by atoms with van der Waals surface area (Å²) in [5.74, 6) is 0.169. The topological polar surface area (TPSA) is 80.8 Å². The first-order valence-corrected chi connectivity index (χ1v) is 10.8. The zero-order valence-corrected chi connectivity index (χ0v) is 18.8. The number of likely N-dealkylation sites (tertiary alicyclic amines) is 1. The Bertz CT molecular complexity index is 923. The van der Waals surface area contributed by atoms with Gasteiger partial charge in [-0.3, -0.25) is 9.78 Å². The van der Waals surface area contributed by atoms with Gasteiger partial charge in [-0.25, -0.2) is 9.18 Å². The number of carbonyl (C=O) groups excluding carboxylic acids is 2. The van der Waals surface area contributed by atoms with Crippen LogP contribution in [-0.2, 0) is 16.1 Å². The Kier molecular flexibility index (Phi) is 7.66. The van der Waals surface area contributed by atoms with E-state index < -0.39 is 11.4 Å². The third-order valence-corrected chi connectivity index (χ3v) is 5.09. The van der Waals surface area contributed by atoms with Crippen molar-refractivity contribution in [2.45, 2.75) is 52.2 Å². The molecule has 2 amide bonds. The predicted octanol–water partition coefficient (Wildman–Crippen LogP) is 4.67. The number of hydrogen-bond donors (Lipinski definition) is 1. The molecule has 32 heavy (non-hydrogen) atoms. The molecule has 7 nitrogen and oxygen atoms in total. The monoisotopic (exact) mass is 443 g/mol. The fourth-order valence-corrected chi connectivity index (χ4v) is 3.45. The van der Waals surface area contributed by atoms with Crippen molar-refractivity contribution in [2.24, 2.45) is 5.92 Å². The minimum absolute atomic E-state index is 0.0863. The Morgan fingerprint density at radius 1 is 1.22 bits per heavy atom. The molecule has 0 radical (unpaired) electrons. The van der Waals surface area contributed by atoms with Gasteiger partial charge < -0.3 is 19.7 Å². The summed E-state index contributed by atoms with van der Waals surface area (Å²) in [5, 5.41) is 2.85. The smallest absolute Gasteiger partial charge is 0.410 e. The average Bonchev–Trinajstić information content (AvgIpc) is 2.74. The number of nitrogens with one attached hydrogen (secondary N) is 1. The average molecular weight is 444 g/mol. The number of carbonyl (C=O) groups is 2. The number of amides is 2. The minimum atomic E-state index is -0.517. The molecule has 3 rings (SSSR count). The maximum atomic E-state index is 14.3. The van der Waals surface area contributed by atoms with E-state index in [0.29, 0.717) is 30.8 Å². The molecule has 8 heteroatoms. The van der Waals surface area contributed by atoms with Gasteiger partial charge in [0.2, 0.25) is 5.91 Å². The molecule has 0 aliphatic carbocycles. The van der Waals surface area contributed by atoms with Gasteiger partial charge >= 0.3 is 6.09 Å². The highest BCUT2D eigenvalue weighted by atomic mass is 19.1. The van der Waals surface area contributed by atoms with Crippen LogP contribution >= 0.6 is 0 Å². The number of pyridine rings is 1. The number of hydrogen-bond acceptors (Lipinski definition) is 5. The van der Waals surface area contributed by atoms with Gasteiger partial charge in [-0.15, -0.1) is 0 Å². The van der Waals surface area contributed by atoms with E-state index in [1.54, 1.807) is 29.3 Å². The maximum Gasteiger partial charge on any atom is 0.410 e. The molecular formula is C24H30FN3O4. The molecule has 1 aromatic heterocycles. The number of halogens is 1. The molecule has 1 aliphatic rings. The van der Waals surface area contributed by atoms with Crippen LogP contribution in [0.1, 0.15) is 45.6 Å². The molecule has 0 spiro atoms. The predicted molar refractivity (Wildman–Crippen MR) is 118 cm³/mol. The number of piperidine rings is 1. The Hall–Kier alpha value is -3.16. The van der Waals surface area contributed by atoms with Crippen LogP contribution in [0.2, 0.25) is 0 Å². The van der Waals surface area contributed by atoms with Crippen molar-refractivity contribution < 1.29 is 23.5 Å². The van der Waals surface area contributed by atoms with Crippen molar-refractivity contribution in [3.05, 3.63) is 54.1 Å². The van der Waals surface area contributed by atoms with Crippen molar-refractivity contribution in [3.63, 3.8) is 0 Å². The zero-order valence-electron chi connectivity index (χ0n) is 18.8. The highest BCUT2D eigenvalue weighted by Gasteiger charge is 2.27. The Labute approximate surface area is 187 Å². The van der Waals surface area contributed by atoms with Crippen LogP contribution in [0.25, 0.3) is 0 Å². The summed E-state index contributed by atoms with van der Waals surface area (Å²) < 4.78 is 25.2. The van der Waals surface area contributed by atoms with Crippen LogP contribution in [0.15, 0.2) is 42.7 Å². The molecule has 1 fully saturated rings. The summed E-state index contributed by atoms with van der Waals surface area (Å²) in [7, 11) is 0. The quantitative estimate of drug-likeness (QED) is 0.702. The largest absolute Gasteiger partial charge is 0.453 e. The second kappa shape index (κ2) is 10.4. The van der Waals surface area contributed by atoms with Crippen molar-refractivity contribution in [1.82, 2.24) is 15.2 Å². The summed E-state index contributed by atoms with van der Waals surface area (Å²) >= 11 is 0. The van der Waals surface area contributed by atoms with E-state index >= 15 is 0 Å². The van der Waals surface area contributed by atoms with Crippen molar-refractivity contribution in [3.8, 4) is 11.5 Å². The molecule has 2 heterocycles. The number of nitrogens with zero attached hydrogens (tertiary/aromatic N) is 2. The lowest BCUT2D eigenvalue weighted by Crippen LogP contribution is -2.42. The molecular weight excluding hydrogens is 413 g/mol. The summed E-state index contributed by atoms with van der Waals surface area (Å²) in [6, 6.07) is 8.01. The van der Waals surface area contributed by atoms with Crippen molar-refractivity contribution in [1.29, 1.82) is 0 Å². The summed E-state index contributed by atoms with van der Waals surface area (Å²) in [5.41, 5.74) is 0.130. The van der Waals surface area contributed by atoms with Crippen molar-refractivity contribution in [2.75, 3.05) is 13.1 Å². The lowest BCUT2D eigenvalue weighted by atomic mass is 9.93. The molecule has 172 valence electrons. The second-order valence-electron chi connectivity index (χ2n) is 8.95. The highest BCUT2D eigenvalue weighted by Crippen LogP contribution is 2.25. The number of rotatable bonds is 6. The molecule has 2 aromatic rings. The molecule has 1 saturated heterocycles. The highest BCUT2D eigenvalue weighted by molar-refractivity contribution is 5.76. The first-order chi connectivity index (χ1) is 15.2. The summed E-state index contributed by atoms with van der Waals surface area (Å²) in [6.45, 7) is 6.92. The fourth-order valence-electron chi connectivity index (χ4n) is 3.45. The second-order valence-corrected chi connectivity index (χ2v) is 8.95. The van der Waals surface area contributed by atoms with E-state index in [4.69, 9.17) is 9.47 Å². The van der Waals surface area contributed by atoms with E-state index in [1.807, 2.05) is 20.8 Å². The SMILES string of the molecule is CC(C)(C)OC(=O)N1CCC(CC(=O)NCc2ccc(Oc3cccnc3)c(F)c2)CC1. The zero-order chi connectivity index (χ0) is 23.1. The fraction of sp³-hybridized carbons (Fsp3) is 0.458. The molecule has 0 unspecified atom stereocenters. The Morgan fingerprint density at radius 2 is 1.97 bits per heavy atom. The van der Waals surface area contributed by atoms with Gasteiger partial charge in [0.25, 0.3) is 0 Å². The van der Waals surface area contributed by atoms with Gasteiger partial charge in [-0.1, -0.05) is 6.07 Å². The first-order valence-electron chi connectivity index (χ1n) is 10.8. The lowest BCUT2D eigenvalue weighted by Gasteiger charge is -2.33. The normalized spacial score (nSPS) is 14.7. The van der Waals surface area contributed by atoms with E-state index in [9.17, 15) is 14.0 Å². The van der Waals surface area contributed by atoms with Gasteiger partial charge in [-0.05, 0) is 69.4 Å². The Balaban J connectivity index is 1.41. The van der Waals surface area contributed by atoms with Crippen LogP contribution in [0, 0.1) is 11.7 Å². The molecule has 0 atom stereocenters. The van der Waals surface area contributed by atoms with Gasteiger partial charge in [0.1, 0.15) is 11.4 Å². The van der Waals surface area contributed by atoms with E-state index in [0.717, 1.165) is 12.8 Å². The van der Waals surface area contributed by atoms with Gasteiger partial charge in [0.05, 0.1) is 6.20 Å². The van der Waals surface area contributed by atoms with Gasteiger partial charge in [-0.2, -0.15) is 0 Å². The first kappa shape index (κ1) is 23.5. The van der Waals surface area contributed by atoms with Crippen molar-refractivity contribution >= 4 is 12.0 Å². The third kappa shape index (κ3) is 7.21. The molecule has 1 aromatic carbocycles. The van der Waals surface area contributed by atoms with Gasteiger partial charge in [0.15, 0.2) is 11.6 Å². The van der Waals surface area contributed by atoms with Crippen LogP contribution in [0.4, 0.5) is 9.18 Å². The summed E-state index contributed by atoms with van der Waals surface area (Å²) in [6.07, 6.45) is 4.69. The van der Waals surface area contributed by atoms with E-state index in [2.05, 4.69) is 10.3 Å². The molecule has 0 bridgehead atoms. The standard InChI is InChI=1S/C24H30FN3O4/c1-24(2,3)32-23(30)28-11-8-17(9-12-28)14-22(29)27-15-18-6-7-21(20(25)13-18)31-19-5-4-10-26-16-19/h4-7,10,13,16-17H,8-9,11-12,14-15H2,1-3H3,(H,27,29). The van der Waals surface area contributed by atoms with Crippen LogP contribution in [0.3, 0.4) is 0 Å². The molecule has 0 saturated carbocycles. The van der Waals surface area contributed by atoms with Gasteiger partial charge in [0, 0.05) is 32.3 Å². The van der Waals surface area contributed by atoms with Crippen LogP contribution < -0.4 is 10.1 Å². The lowest BCUT2D eigenvalue weighted by molar-refractivity contribution is -0.122. The molecule has 1 aliphatic heterocycles. The maximum absolute atomic E-state index is 14.3. The van der Waals surface area contributed by atoms with Crippen LogP contribution in [-0.4, -0.2) is 40.6 Å². The van der Waals surface area contributed by atoms with E-state index in [-0.39, 0.29) is 30.2 Å². The summed E-state index contributed by atoms with van der Waals surface area (Å²) in [4.78, 5) is 30.1.